The van der Waals surface area contributed by atoms with Crippen molar-refractivity contribution in [2.45, 2.75) is 20.3 Å². The molecule has 1 N–H and O–H groups in total. The number of benzene rings is 2. The third kappa shape index (κ3) is 4.61. The van der Waals surface area contributed by atoms with Gasteiger partial charge in [-0.3, -0.25) is 4.79 Å². The summed E-state index contributed by atoms with van der Waals surface area (Å²) < 4.78 is 0. The van der Waals surface area contributed by atoms with E-state index in [4.69, 9.17) is 33.3 Å². The van der Waals surface area contributed by atoms with Gasteiger partial charge in [0.1, 0.15) is 0 Å². The highest BCUT2D eigenvalue weighted by atomic mass is 35.5. The molecule has 2 aromatic carbocycles. The first-order valence-corrected chi connectivity index (χ1v) is 9.96. The largest absolute Gasteiger partial charge is 0.481 e. The molecule has 1 aromatic heterocycles. The summed E-state index contributed by atoms with van der Waals surface area (Å²) >= 11 is 13.6. The molecule has 0 aliphatic heterocycles. The van der Waals surface area contributed by atoms with Gasteiger partial charge in [0, 0.05) is 23.2 Å². The van der Waals surface area contributed by atoms with Crippen LogP contribution < -0.4 is 4.90 Å². The molecule has 0 spiro atoms. The zero-order valence-corrected chi connectivity index (χ0v) is 17.2. The number of thiazole rings is 1. The quantitative estimate of drug-likeness (QED) is 0.504. The van der Waals surface area contributed by atoms with Crippen molar-refractivity contribution in [2.24, 2.45) is 0 Å². The van der Waals surface area contributed by atoms with Crippen LogP contribution in [0, 0.1) is 13.8 Å². The van der Waals surface area contributed by atoms with Gasteiger partial charge in [-0.25, -0.2) is 4.98 Å². The first-order valence-electron chi connectivity index (χ1n) is 8.32. The van der Waals surface area contributed by atoms with Crippen molar-refractivity contribution in [1.29, 1.82) is 0 Å². The summed E-state index contributed by atoms with van der Waals surface area (Å²) in [6, 6.07) is 11.5. The minimum atomic E-state index is -0.841. The fourth-order valence-electron chi connectivity index (χ4n) is 2.71. The number of nitrogens with zero attached hydrogens (tertiary/aromatic N) is 2. The molecule has 7 heteroatoms. The van der Waals surface area contributed by atoms with Gasteiger partial charge >= 0.3 is 5.97 Å². The average molecular weight is 421 g/mol. The van der Waals surface area contributed by atoms with Crippen molar-refractivity contribution in [3.05, 3.63) is 63.0 Å². The number of carboxylic acids is 1. The number of carbonyl (C=O) groups is 1. The highest BCUT2D eigenvalue weighted by molar-refractivity contribution is 7.14. The van der Waals surface area contributed by atoms with Crippen LogP contribution in [0.15, 0.2) is 41.8 Å². The topological polar surface area (TPSA) is 53.4 Å². The van der Waals surface area contributed by atoms with E-state index in [0.29, 0.717) is 16.6 Å². The Bertz CT molecular complexity index is 988. The second-order valence-electron chi connectivity index (χ2n) is 6.23. The summed E-state index contributed by atoms with van der Waals surface area (Å²) in [7, 11) is 0. The van der Waals surface area contributed by atoms with Crippen LogP contribution in [0.25, 0.3) is 11.3 Å². The summed E-state index contributed by atoms with van der Waals surface area (Å²) in [4.78, 5) is 17.8. The molecule has 0 fully saturated rings. The smallest absolute Gasteiger partial charge is 0.305 e. The van der Waals surface area contributed by atoms with E-state index in [0.717, 1.165) is 33.2 Å². The Labute approximate surface area is 172 Å². The number of hydrogen-bond acceptors (Lipinski definition) is 4. The van der Waals surface area contributed by atoms with Gasteiger partial charge in [-0.2, -0.15) is 0 Å². The van der Waals surface area contributed by atoms with Crippen LogP contribution >= 0.6 is 34.5 Å². The van der Waals surface area contributed by atoms with E-state index in [2.05, 4.69) is 6.07 Å². The third-order valence-corrected chi connectivity index (χ3v) is 5.75. The van der Waals surface area contributed by atoms with Gasteiger partial charge in [-0.1, -0.05) is 41.4 Å². The number of aliphatic carboxylic acids is 1. The zero-order chi connectivity index (χ0) is 19.6. The Morgan fingerprint density at radius 3 is 2.63 bits per heavy atom. The first-order chi connectivity index (χ1) is 12.8. The van der Waals surface area contributed by atoms with Crippen LogP contribution in [-0.2, 0) is 4.79 Å². The summed E-state index contributed by atoms with van der Waals surface area (Å²) in [6.07, 6.45) is 0.0229. The van der Waals surface area contributed by atoms with Gasteiger partial charge in [0.25, 0.3) is 0 Å². The van der Waals surface area contributed by atoms with E-state index >= 15 is 0 Å². The molecule has 27 heavy (non-hydrogen) atoms. The van der Waals surface area contributed by atoms with Crippen LogP contribution in [0.4, 0.5) is 10.8 Å². The maximum atomic E-state index is 11.1. The summed E-state index contributed by atoms with van der Waals surface area (Å²) in [5.41, 5.74) is 4.78. The van der Waals surface area contributed by atoms with Crippen molar-refractivity contribution in [1.82, 2.24) is 4.98 Å². The van der Waals surface area contributed by atoms with Gasteiger partial charge in [-0.15, -0.1) is 11.3 Å². The van der Waals surface area contributed by atoms with Crippen LogP contribution in [0.1, 0.15) is 17.5 Å². The minimum absolute atomic E-state index is 0.0229. The van der Waals surface area contributed by atoms with Gasteiger partial charge in [0.15, 0.2) is 5.13 Å². The van der Waals surface area contributed by atoms with Crippen LogP contribution in [0.2, 0.25) is 10.0 Å². The van der Waals surface area contributed by atoms with E-state index in [1.165, 1.54) is 11.3 Å². The average Bonchev–Trinajstić information content (AvgIpc) is 3.10. The molecular formula is C20H18Cl2N2O2S. The second-order valence-corrected chi connectivity index (χ2v) is 7.88. The Balaban J connectivity index is 2.00. The molecule has 0 amide bonds. The Kier molecular flexibility index (Phi) is 6.05. The molecule has 0 saturated carbocycles. The molecule has 0 bridgehead atoms. The van der Waals surface area contributed by atoms with Crippen molar-refractivity contribution in [2.75, 3.05) is 11.4 Å². The monoisotopic (exact) mass is 420 g/mol. The molecule has 0 saturated heterocycles. The lowest BCUT2D eigenvalue weighted by Crippen LogP contribution is -2.21. The van der Waals surface area contributed by atoms with Gasteiger partial charge in [0.2, 0.25) is 0 Å². The molecule has 1 heterocycles. The molecule has 3 rings (SSSR count). The number of hydrogen-bond donors (Lipinski definition) is 1. The van der Waals surface area contributed by atoms with E-state index in [1.54, 1.807) is 12.1 Å². The maximum Gasteiger partial charge on any atom is 0.305 e. The molecular weight excluding hydrogens is 403 g/mol. The normalized spacial score (nSPS) is 10.8. The lowest BCUT2D eigenvalue weighted by Gasteiger charge is -2.23. The predicted molar refractivity (Wildman–Crippen MR) is 113 cm³/mol. The molecule has 0 radical (unpaired) electrons. The Morgan fingerprint density at radius 1 is 1.15 bits per heavy atom. The van der Waals surface area contributed by atoms with Gasteiger partial charge in [0.05, 0.1) is 22.2 Å². The molecule has 4 nitrogen and oxygen atoms in total. The fourth-order valence-corrected chi connectivity index (χ4v) is 3.88. The predicted octanol–water partition coefficient (Wildman–Crippen LogP) is 6.35. The lowest BCUT2D eigenvalue weighted by atomic mass is 10.1. The number of carboxylic acid groups (broad SMARTS) is 1. The number of aryl methyl sites for hydroxylation is 2. The highest BCUT2D eigenvalue weighted by Crippen LogP contribution is 2.35. The molecule has 0 atom stereocenters. The number of anilines is 2. The van der Waals surface area contributed by atoms with Crippen molar-refractivity contribution >= 4 is 51.3 Å². The summed E-state index contributed by atoms with van der Waals surface area (Å²) in [5, 5.41) is 12.8. The van der Waals surface area contributed by atoms with Crippen molar-refractivity contribution in [3.63, 3.8) is 0 Å². The second kappa shape index (κ2) is 8.30. The van der Waals surface area contributed by atoms with Gasteiger partial charge < -0.3 is 10.0 Å². The summed E-state index contributed by atoms with van der Waals surface area (Å²) in [6.45, 7) is 4.37. The molecule has 0 unspecified atom stereocenters. The van der Waals surface area contributed by atoms with Crippen LogP contribution in [0.5, 0.6) is 0 Å². The van der Waals surface area contributed by atoms with E-state index in [-0.39, 0.29) is 6.42 Å². The standard InChI is InChI=1S/C20H18Cl2N2O2S/c1-12-3-4-13(2)18(9-12)24(8-7-19(25)26)20-23-17(11-27-20)14-5-6-15(21)16(22)10-14/h3-6,9-11H,7-8H2,1-2H3,(H,25,26). The Hall–Kier alpha value is -2.08. The highest BCUT2D eigenvalue weighted by Gasteiger charge is 2.18. The van der Waals surface area contributed by atoms with E-state index in [1.807, 2.05) is 42.3 Å². The SMILES string of the molecule is Cc1ccc(C)c(N(CCC(=O)O)c2nc(-c3ccc(Cl)c(Cl)c3)cs2)c1. The molecule has 3 aromatic rings. The van der Waals surface area contributed by atoms with Crippen LogP contribution in [-0.4, -0.2) is 22.6 Å². The lowest BCUT2D eigenvalue weighted by molar-refractivity contribution is -0.136. The van der Waals surface area contributed by atoms with E-state index in [9.17, 15) is 4.79 Å². The minimum Gasteiger partial charge on any atom is -0.481 e. The van der Waals surface area contributed by atoms with Crippen LogP contribution in [0.3, 0.4) is 0 Å². The van der Waals surface area contributed by atoms with Crippen molar-refractivity contribution in [3.8, 4) is 11.3 Å². The zero-order valence-electron chi connectivity index (χ0n) is 14.9. The fraction of sp³-hybridized carbons (Fsp3) is 0.200. The molecule has 0 aliphatic rings. The van der Waals surface area contributed by atoms with Crippen molar-refractivity contribution < 1.29 is 9.90 Å². The third-order valence-electron chi connectivity index (χ3n) is 4.14. The summed E-state index contributed by atoms with van der Waals surface area (Å²) in [5.74, 6) is -0.841. The first kappa shape index (κ1) is 19.7. The van der Waals surface area contributed by atoms with Gasteiger partial charge in [-0.05, 0) is 43.2 Å². The molecule has 140 valence electrons. The molecule has 0 aliphatic carbocycles. The Morgan fingerprint density at radius 2 is 1.93 bits per heavy atom. The number of halogens is 2. The maximum absolute atomic E-state index is 11.1. The number of aromatic nitrogens is 1. The van der Waals surface area contributed by atoms with E-state index < -0.39 is 5.97 Å². The number of rotatable bonds is 6.